The molecule has 0 aliphatic heterocycles. The molecule has 0 aliphatic carbocycles. The number of nitrogens with zero attached hydrogens (tertiary/aromatic N) is 4. The summed E-state index contributed by atoms with van der Waals surface area (Å²) in [7, 11) is 0. The van der Waals surface area contributed by atoms with Crippen LogP contribution in [0, 0.1) is 0 Å². The van der Waals surface area contributed by atoms with E-state index >= 15 is 0 Å². The van der Waals surface area contributed by atoms with Gasteiger partial charge in [0.05, 0.1) is 12.2 Å². The molecule has 10 nitrogen and oxygen atoms in total. The summed E-state index contributed by atoms with van der Waals surface area (Å²) in [6.45, 7) is 8.25. The fourth-order valence-corrected chi connectivity index (χ4v) is 3.65. The van der Waals surface area contributed by atoms with E-state index < -0.39 is 12.0 Å². The maximum absolute atomic E-state index is 12.6. The van der Waals surface area contributed by atoms with E-state index in [-0.39, 0.29) is 17.8 Å². The van der Waals surface area contributed by atoms with Crippen molar-refractivity contribution in [2.24, 2.45) is 0 Å². The van der Waals surface area contributed by atoms with Gasteiger partial charge in [-0.05, 0) is 47.7 Å². The van der Waals surface area contributed by atoms with E-state index in [4.69, 9.17) is 10.5 Å². The van der Waals surface area contributed by atoms with E-state index in [1.807, 2.05) is 12.1 Å². The van der Waals surface area contributed by atoms with Crippen LogP contribution in [0.25, 0.3) is 16.6 Å². The molecular weight excluding hydrogens is 446 g/mol. The van der Waals surface area contributed by atoms with Crippen molar-refractivity contribution in [3.05, 3.63) is 66.2 Å². The van der Waals surface area contributed by atoms with Gasteiger partial charge in [-0.3, -0.25) is 5.32 Å². The summed E-state index contributed by atoms with van der Waals surface area (Å²) in [5, 5.41) is 9.70. The number of anilines is 3. The first kappa shape index (κ1) is 23.7. The Morgan fingerprint density at radius 1 is 1.09 bits per heavy atom. The second-order valence-corrected chi connectivity index (χ2v) is 8.91. The van der Waals surface area contributed by atoms with Gasteiger partial charge in [0, 0.05) is 23.6 Å². The average molecular weight is 474 g/mol. The van der Waals surface area contributed by atoms with Crippen molar-refractivity contribution >= 4 is 34.8 Å². The van der Waals surface area contributed by atoms with Crippen LogP contribution >= 0.6 is 0 Å². The molecule has 2 amide bonds. The number of esters is 1. The molecule has 0 bridgehead atoms. The van der Waals surface area contributed by atoms with Crippen molar-refractivity contribution < 1.29 is 14.3 Å². The van der Waals surface area contributed by atoms with Crippen molar-refractivity contribution in [2.45, 2.75) is 33.1 Å². The number of hydrogen-bond acceptors (Lipinski definition) is 7. The first-order valence-corrected chi connectivity index (χ1v) is 11.1. The van der Waals surface area contributed by atoms with E-state index in [9.17, 15) is 9.59 Å². The van der Waals surface area contributed by atoms with E-state index in [0.29, 0.717) is 33.7 Å². The van der Waals surface area contributed by atoms with Gasteiger partial charge in [0.1, 0.15) is 17.7 Å². The normalized spacial score (nSPS) is 11.3. The maximum Gasteiger partial charge on any atom is 0.340 e. The first-order valence-electron chi connectivity index (χ1n) is 11.1. The molecule has 3 aromatic heterocycles. The summed E-state index contributed by atoms with van der Waals surface area (Å²) in [4.78, 5) is 33.4. The summed E-state index contributed by atoms with van der Waals surface area (Å²) in [5.74, 6) is 0.206. The van der Waals surface area contributed by atoms with Crippen LogP contribution in [-0.2, 0) is 10.2 Å². The van der Waals surface area contributed by atoms with E-state index in [1.54, 1.807) is 43.6 Å². The first-order chi connectivity index (χ1) is 16.7. The largest absolute Gasteiger partial charge is 0.462 e. The Bertz CT molecular complexity index is 1390. The van der Waals surface area contributed by atoms with Crippen molar-refractivity contribution in [1.82, 2.24) is 19.6 Å². The zero-order valence-corrected chi connectivity index (χ0v) is 20.0. The number of hydrogen-bond donors (Lipinski definition) is 3. The number of rotatable bonds is 5. The highest BCUT2D eigenvalue weighted by atomic mass is 16.5. The fraction of sp³-hybridized carbons (Fsp3) is 0.240. The fourth-order valence-electron chi connectivity index (χ4n) is 3.65. The Morgan fingerprint density at radius 3 is 2.51 bits per heavy atom. The van der Waals surface area contributed by atoms with Gasteiger partial charge in [0.25, 0.3) is 0 Å². The van der Waals surface area contributed by atoms with Crippen LogP contribution in [0.4, 0.5) is 22.1 Å². The van der Waals surface area contributed by atoms with Gasteiger partial charge in [-0.25, -0.2) is 24.1 Å². The molecule has 0 unspecified atom stereocenters. The Morgan fingerprint density at radius 2 is 1.83 bits per heavy atom. The van der Waals surface area contributed by atoms with Gasteiger partial charge in [-0.1, -0.05) is 32.9 Å². The molecule has 4 aromatic rings. The highest BCUT2D eigenvalue weighted by Crippen LogP contribution is 2.33. The van der Waals surface area contributed by atoms with Gasteiger partial charge >= 0.3 is 12.0 Å². The summed E-state index contributed by atoms with van der Waals surface area (Å²) in [5.41, 5.74) is 9.72. The zero-order valence-electron chi connectivity index (χ0n) is 20.0. The van der Waals surface area contributed by atoms with Gasteiger partial charge in [0.2, 0.25) is 0 Å². The third-order valence-corrected chi connectivity index (χ3v) is 5.40. The molecule has 10 heteroatoms. The molecule has 0 saturated heterocycles. The monoisotopic (exact) mass is 473 g/mol. The molecule has 4 N–H and O–H groups in total. The summed E-state index contributed by atoms with van der Waals surface area (Å²) in [6.07, 6.45) is 4.56. The predicted molar refractivity (Wildman–Crippen MR) is 134 cm³/mol. The third kappa shape index (κ3) is 5.06. The number of amides is 2. The van der Waals surface area contributed by atoms with Crippen LogP contribution in [0.5, 0.6) is 0 Å². The number of benzene rings is 1. The standard InChI is InChI=1S/C25H27N7O3/c1-5-35-23(33)18-13-32-21(22(26)28-14-29-32)20(18)15-6-8-17(9-7-15)30-24(34)31-19-12-16(10-11-27-19)25(2,3)4/h6-14H,5H2,1-4H3,(H2,26,28,29)(H2,27,30,31,34). The molecule has 0 atom stereocenters. The molecule has 0 spiro atoms. The molecule has 0 aliphatic rings. The van der Waals surface area contributed by atoms with Crippen LogP contribution in [0.1, 0.15) is 43.6 Å². The van der Waals surface area contributed by atoms with Crippen molar-refractivity contribution in [2.75, 3.05) is 23.0 Å². The summed E-state index contributed by atoms with van der Waals surface area (Å²) < 4.78 is 6.71. The van der Waals surface area contributed by atoms with Crippen LogP contribution in [0.3, 0.4) is 0 Å². The van der Waals surface area contributed by atoms with Gasteiger partial charge < -0.3 is 15.8 Å². The molecule has 3 heterocycles. The topological polar surface area (TPSA) is 137 Å². The van der Waals surface area contributed by atoms with Crippen LogP contribution < -0.4 is 16.4 Å². The number of pyridine rings is 1. The van der Waals surface area contributed by atoms with Crippen LogP contribution in [-0.4, -0.2) is 38.2 Å². The van der Waals surface area contributed by atoms with Crippen molar-refractivity contribution in [3.63, 3.8) is 0 Å². The van der Waals surface area contributed by atoms with E-state index in [2.05, 4.69) is 46.5 Å². The van der Waals surface area contributed by atoms with Crippen molar-refractivity contribution in [3.8, 4) is 11.1 Å². The quantitative estimate of drug-likeness (QED) is 0.363. The van der Waals surface area contributed by atoms with Gasteiger partial charge in [0.15, 0.2) is 5.82 Å². The second kappa shape index (κ2) is 9.41. The minimum atomic E-state index is -0.487. The zero-order chi connectivity index (χ0) is 25.2. The molecule has 4 rings (SSSR count). The minimum absolute atomic E-state index is 0.0637. The molecule has 180 valence electrons. The lowest BCUT2D eigenvalue weighted by atomic mass is 9.88. The smallest absolute Gasteiger partial charge is 0.340 e. The van der Waals surface area contributed by atoms with Crippen LogP contribution in [0.2, 0.25) is 0 Å². The SMILES string of the molecule is CCOC(=O)c1cn2ncnc(N)c2c1-c1ccc(NC(=O)Nc2cc(C(C)(C)C)ccn2)cc1. The number of carbonyl (C=O) groups is 2. The molecular formula is C25H27N7O3. The number of carbonyl (C=O) groups excluding carboxylic acids is 2. The number of nitrogens with one attached hydrogen (secondary N) is 2. The highest BCUT2D eigenvalue weighted by molar-refractivity contribution is 6.05. The number of ether oxygens (including phenoxy) is 1. The number of urea groups is 1. The number of fused-ring (bicyclic) bond motifs is 1. The molecule has 0 radical (unpaired) electrons. The predicted octanol–water partition coefficient (Wildman–Crippen LogP) is 4.49. The summed E-state index contributed by atoms with van der Waals surface area (Å²) in [6, 6.07) is 10.4. The lowest BCUT2D eigenvalue weighted by Crippen LogP contribution is -2.21. The Labute approximate surface area is 202 Å². The average Bonchev–Trinajstić information content (AvgIpc) is 3.20. The number of nitrogen functional groups attached to an aromatic ring is 1. The molecule has 35 heavy (non-hydrogen) atoms. The Hall–Kier alpha value is -4.47. The van der Waals surface area contributed by atoms with Crippen molar-refractivity contribution in [1.29, 1.82) is 0 Å². The van der Waals surface area contributed by atoms with Crippen LogP contribution in [0.15, 0.2) is 55.1 Å². The van der Waals surface area contributed by atoms with Gasteiger partial charge in [-0.2, -0.15) is 5.10 Å². The molecule has 0 fully saturated rings. The van der Waals surface area contributed by atoms with E-state index in [1.165, 1.54) is 10.8 Å². The number of aromatic nitrogens is 4. The van der Waals surface area contributed by atoms with Gasteiger partial charge in [-0.15, -0.1) is 0 Å². The lowest BCUT2D eigenvalue weighted by molar-refractivity contribution is 0.0527. The second-order valence-electron chi connectivity index (χ2n) is 8.91. The van der Waals surface area contributed by atoms with E-state index in [0.717, 1.165) is 5.56 Å². The Balaban J connectivity index is 1.57. The Kier molecular flexibility index (Phi) is 6.37. The molecule has 0 saturated carbocycles. The number of nitrogens with two attached hydrogens (primary N) is 1. The lowest BCUT2D eigenvalue weighted by Gasteiger charge is -2.19. The minimum Gasteiger partial charge on any atom is -0.462 e. The highest BCUT2D eigenvalue weighted by Gasteiger charge is 2.22. The maximum atomic E-state index is 12.6. The molecule has 1 aromatic carbocycles. The summed E-state index contributed by atoms with van der Waals surface area (Å²) >= 11 is 0. The third-order valence-electron chi connectivity index (χ3n) is 5.40.